The molecule has 0 aromatic heterocycles. The lowest BCUT2D eigenvalue weighted by molar-refractivity contribution is -0.137. The molecule has 2 aliphatic rings. The third-order valence-electron chi connectivity index (χ3n) is 3.46. The number of rotatable bonds is 4. The fourth-order valence-electron chi connectivity index (χ4n) is 2.42. The van der Waals surface area contributed by atoms with Gasteiger partial charge in [0.25, 0.3) is 11.8 Å². The van der Waals surface area contributed by atoms with Gasteiger partial charge in [-0.1, -0.05) is 19.8 Å². The van der Waals surface area contributed by atoms with Crippen molar-refractivity contribution in [1.29, 1.82) is 0 Å². The van der Waals surface area contributed by atoms with E-state index < -0.39 is 0 Å². The molecule has 0 aliphatic carbocycles. The van der Waals surface area contributed by atoms with E-state index in [0.717, 1.165) is 38.6 Å². The van der Waals surface area contributed by atoms with Crippen LogP contribution in [0.3, 0.4) is 0 Å². The Morgan fingerprint density at radius 2 is 2.24 bits per heavy atom. The second kappa shape index (κ2) is 5.45. The van der Waals surface area contributed by atoms with E-state index >= 15 is 0 Å². The number of piperidine rings is 1. The van der Waals surface area contributed by atoms with Crippen LogP contribution in [0, 0.1) is 0 Å². The molecule has 1 fully saturated rings. The number of nitrogens with zero attached hydrogens (tertiary/aromatic N) is 1. The number of nitrogens with one attached hydrogen (secondary N) is 1. The van der Waals surface area contributed by atoms with Crippen molar-refractivity contribution in [2.75, 3.05) is 13.1 Å². The molecule has 0 radical (unpaired) electrons. The lowest BCUT2D eigenvalue weighted by atomic mass is 9.97. The van der Waals surface area contributed by atoms with Crippen molar-refractivity contribution in [3.05, 3.63) is 11.6 Å². The summed E-state index contributed by atoms with van der Waals surface area (Å²) < 4.78 is 0. The Bertz CT molecular complexity index is 343. The van der Waals surface area contributed by atoms with Gasteiger partial charge in [0.1, 0.15) is 0 Å². The molecular weight excluding hydrogens is 216 g/mol. The van der Waals surface area contributed by atoms with Crippen LogP contribution in [0.1, 0.15) is 39.0 Å². The summed E-state index contributed by atoms with van der Waals surface area (Å²) >= 11 is 0. The minimum absolute atomic E-state index is 0.0807. The number of imide groups is 1. The summed E-state index contributed by atoms with van der Waals surface area (Å²) in [6.07, 6.45) is 6.66. The zero-order chi connectivity index (χ0) is 12.3. The molecule has 1 N–H and O–H groups in total. The van der Waals surface area contributed by atoms with E-state index in [1.165, 1.54) is 11.0 Å². The fourth-order valence-corrected chi connectivity index (χ4v) is 2.42. The molecule has 4 nitrogen and oxygen atoms in total. The van der Waals surface area contributed by atoms with E-state index in [2.05, 4.69) is 12.2 Å². The number of amides is 2. The van der Waals surface area contributed by atoms with Crippen molar-refractivity contribution in [3.8, 4) is 0 Å². The molecule has 2 aliphatic heterocycles. The molecular formula is C13H20N2O2. The zero-order valence-electron chi connectivity index (χ0n) is 10.4. The van der Waals surface area contributed by atoms with Crippen LogP contribution in [-0.4, -0.2) is 35.8 Å². The highest BCUT2D eigenvalue weighted by atomic mass is 16.2. The molecule has 2 amide bonds. The van der Waals surface area contributed by atoms with Gasteiger partial charge in [0.2, 0.25) is 0 Å². The molecule has 0 bridgehead atoms. The third kappa shape index (κ3) is 2.57. The van der Waals surface area contributed by atoms with Gasteiger partial charge in [-0.3, -0.25) is 14.5 Å². The molecule has 1 saturated heterocycles. The maximum absolute atomic E-state index is 12.1. The maximum Gasteiger partial charge on any atom is 0.258 e. The van der Waals surface area contributed by atoms with Crippen molar-refractivity contribution in [1.82, 2.24) is 10.2 Å². The fraction of sp³-hybridized carbons (Fsp3) is 0.692. The summed E-state index contributed by atoms with van der Waals surface area (Å²) in [5.74, 6) is -0.214. The molecule has 0 saturated carbocycles. The van der Waals surface area contributed by atoms with Crippen LogP contribution in [0.5, 0.6) is 0 Å². The molecule has 2 rings (SSSR count). The van der Waals surface area contributed by atoms with Gasteiger partial charge in [-0.2, -0.15) is 0 Å². The van der Waals surface area contributed by atoms with Crippen molar-refractivity contribution in [2.24, 2.45) is 0 Å². The van der Waals surface area contributed by atoms with Crippen LogP contribution in [-0.2, 0) is 9.59 Å². The van der Waals surface area contributed by atoms with Crippen LogP contribution >= 0.6 is 0 Å². The highest BCUT2D eigenvalue weighted by Gasteiger charge is 2.34. The number of carbonyl (C=O) groups is 2. The summed E-state index contributed by atoms with van der Waals surface area (Å²) in [5, 5.41) is 3.32. The first-order valence-electron chi connectivity index (χ1n) is 6.55. The minimum Gasteiger partial charge on any atom is -0.310 e. The third-order valence-corrected chi connectivity index (χ3v) is 3.46. The summed E-state index contributed by atoms with van der Waals surface area (Å²) in [6.45, 7) is 3.56. The second-order valence-corrected chi connectivity index (χ2v) is 4.75. The average molecular weight is 236 g/mol. The van der Waals surface area contributed by atoms with E-state index in [4.69, 9.17) is 0 Å². The van der Waals surface area contributed by atoms with Crippen LogP contribution < -0.4 is 5.32 Å². The maximum atomic E-state index is 12.1. The van der Waals surface area contributed by atoms with E-state index in [1.54, 1.807) is 0 Å². The Morgan fingerprint density at radius 1 is 1.41 bits per heavy atom. The number of unbranched alkanes of at least 4 members (excludes halogenated alkanes) is 1. The predicted molar refractivity (Wildman–Crippen MR) is 65.4 cm³/mol. The predicted octanol–water partition coefficient (Wildman–Crippen LogP) is 1.22. The monoisotopic (exact) mass is 236 g/mol. The molecule has 4 heteroatoms. The zero-order valence-corrected chi connectivity index (χ0v) is 10.4. The molecule has 1 unspecified atom stereocenters. The lowest BCUT2D eigenvalue weighted by Gasteiger charge is -2.24. The summed E-state index contributed by atoms with van der Waals surface area (Å²) in [7, 11) is 0. The topological polar surface area (TPSA) is 49.4 Å². The van der Waals surface area contributed by atoms with Gasteiger partial charge in [0.15, 0.2) is 0 Å². The van der Waals surface area contributed by atoms with Gasteiger partial charge in [-0.05, 0) is 25.8 Å². The van der Waals surface area contributed by atoms with Gasteiger partial charge in [-0.15, -0.1) is 0 Å². The Balaban J connectivity index is 2.02. The highest BCUT2D eigenvalue weighted by Crippen LogP contribution is 2.22. The van der Waals surface area contributed by atoms with Gasteiger partial charge < -0.3 is 5.32 Å². The van der Waals surface area contributed by atoms with E-state index in [-0.39, 0.29) is 17.9 Å². The first-order chi connectivity index (χ1) is 8.24. The summed E-state index contributed by atoms with van der Waals surface area (Å²) in [6, 6.07) is 0.0897. The largest absolute Gasteiger partial charge is 0.310 e. The van der Waals surface area contributed by atoms with Crippen LogP contribution in [0.4, 0.5) is 0 Å². The van der Waals surface area contributed by atoms with Gasteiger partial charge in [0, 0.05) is 24.2 Å². The average Bonchev–Trinajstić information content (AvgIpc) is 2.64. The van der Waals surface area contributed by atoms with Crippen molar-refractivity contribution in [2.45, 2.75) is 45.1 Å². The SMILES string of the molecule is CCCCN1C(=O)C=C(C2CCCCN2)C1=O. The van der Waals surface area contributed by atoms with Crippen LogP contribution in [0.25, 0.3) is 0 Å². The minimum atomic E-state index is -0.133. The van der Waals surface area contributed by atoms with E-state index in [9.17, 15) is 9.59 Å². The van der Waals surface area contributed by atoms with Gasteiger partial charge >= 0.3 is 0 Å². The Morgan fingerprint density at radius 3 is 2.88 bits per heavy atom. The van der Waals surface area contributed by atoms with Crippen molar-refractivity contribution >= 4 is 11.8 Å². The number of hydrogen-bond donors (Lipinski definition) is 1. The number of hydrogen-bond acceptors (Lipinski definition) is 3. The quantitative estimate of drug-likeness (QED) is 0.747. The summed E-state index contributed by atoms with van der Waals surface area (Å²) in [5.41, 5.74) is 0.672. The molecule has 2 heterocycles. The Kier molecular flexibility index (Phi) is 3.94. The highest BCUT2D eigenvalue weighted by molar-refractivity contribution is 6.16. The molecule has 94 valence electrons. The molecule has 17 heavy (non-hydrogen) atoms. The molecule has 0 spiro atoms. The molecule has 0 aromatic carbocycles. The Hall–Kier alpha value is -1.16. The normalized spacial score (nSPS) is 25.4. The second-order valence-electron chi connectivity index (χ2n) is 4.75. The number of carbonyl (C=O) groups excluding carboxylic acids is 2. The van der Waals surface area contributed by atoms with Gasteiger partial charge in [0.05, 0.1) is 0 Å². The van der Waals surface area contributed by atoms with E-state index in [1.807, 2.05) is 0 Å². The molecule has 1 atom stereocenters. The Labute approximate surface area is 102 Å². The standard InChI is InChI=1S/C13H20N2O2/c1-2-3-8-15-12(16)9-10(13(15)17)11-6-4-5-7-14-11/h9,11,14H,2-8H2,1H3. The van der Waals surface area contributed by atoms with E-state index in [0.29, 0.717) is 12.1 Å². The van der Waals surface area contributed by atoms with Crippen LogP contribution in [0.15, 0.2) is 11.6 Å². The first-order valence-corrected chi connectivity index (χ1v) is 6.55. The smallest absolute Gasteiger partial charge is 0.258 e. The van der Waals surface area contributed by atoms with Crippen molar-refractivity contribution in [3.63, 3.8) is 0 Å². The van der Waals surface area contributed by atoms with Gasteiger partial charge in [-0.25, -0.2) is 0 Å². The molecule has 0 aromatic rings. The van der Waals surface area contributed by atoms with Crippen molar-refractivity contribution < 1.29 is 9.59 Å². The summed E-state index contributed by atoms with van der Waals surface area (Å²) in [4.78, 5) is 25.2. The lowest BCUT2D eigenvalue weighted by Crippen LogP contribution is -2.40. The first kappa shape index (κ1) is 12.3. The van der Waals surface area contributed by atoms with Crippen LogP contribution in [0.2, 0.25) is 0 Å².